The van der Waals surface area contributed by atoms with Crippen LogP contribution >= 0.6 is 0 Å². The van der Waals surface area contributed by atoms with Gasteiger partial charge in [-0.3, -0.25) is 4.90 Å². The number of hydrogen-bond donors (Lipinski definition) is 2. The summed E-state index contributed by atoms with van der Waals surface area (Å²) in [5.74, 6) is 0.268. The summed E-state index contributed by atoms with van der Waals surface area (Å²) in [6, 6.07) is 14.7. The van der Waals surface area contributed by atoms with Crippen molar-refractivity contribution in [2.75, 3.05) is 11.9 Å². The Balaban J connectivity index is 1.28. The number of hydrogen-bond acceptors (Lipinski definition) is 7. The molecule has 8 heteroatoms. The van der Waals surface area contributed by atoms with E-state index in [9.17, 15) is 9.50 Å². The van der Waals surface area contributed by atoms with Crippen molar-refractivity contribution >= 4 is 17.1 Å². The Kier molecular flexibility index (Phi) is 4.62. The summed E-state index contributed by atoms with van der Waals surface area (Å²) in [5, 5.41) is 14.8. The molecule has 32 heavy (non-hydrogen) atoms. The van der Waals surface area contributed by atoms with Crippen molar-refractivity contribution < 1.29 is 13.9 Å². The van der Waals surface area contributed by atoms with Crippen LogP contribution in [-0.2, 0) is 0 Å². The van der Waals surface area contributed by atoms with Gasteiger partial charge in [-0.15, -0.1) is 0 Å². The molecular formula is C24H22FN5O2. The number of nitrogens with zero attached hydrogens (tertiary/aromatic N) is 4. The zero-order valence-electron chi connectivity index (χ0n) is 17.2. The third-order valence-corrected chi connectivity index (χ3v) is 6.55. The minimum Gasteiger partial charge on any atom is -0.424 e. The lowest BCUT2D eigenvalue weighted by molar-refractivity contribution is -0.0212. The van der Waals surface area contributed by atoms with Crippen LogP contribution < -0.4 is 5.32 Å². The van der Waals surface area contributed by atoms with E-state index in [1.807, 2.05) is 29.2 Å². The molecular weight excluding hydrogens is 409 g/mol. The van der Waals surface area contributed by atoms with Gasteiger partial charge in [0.05, 0.1) is 5.56 Å². The van der Waals surface area contributed by atoms with E-state index >= 15 is 0 Å². The fourth-order valence-corrected chi connectivity index (χ4v) is 5.19. The molecule has 2 aromatic carbocycles. The van der Waals surface area contributed by atoms with Crippen LogP contribution in [0.3, 0.4) is 0 Å². The molecule has 1 aliphatic heterocycles. The predicted molar refractivity (Wildman–Crippen MR) is 117 cm³/mol. The molecule has 0 spiro atoms. The molecule has 2 N–H and O–H groups in total. The number of aliphatic hydroxyl groups is 1. The molecule has 1 aliphatic carbocycles. The Morgan fingerprint density at radius 2 is 1.91 bits per heavy atom. The minimum atomic E-state index is -0.965. The number of para-hydroxylation sites is 2. The molecule has 2 fully saturated rings. The molecule has 3 heterocycles. The van der Waals surface area contributed by atoms with E-state index in [4.69, 9.17) is 4.42 Å². The van der Waals surface area contributed by atoms with Crippen LogP contribution in [0.15, 0.2) is 65.3 Å². The van der Waals surface area contributed by atoms with Crippen molar-refractivity contribution in [1.82, 2.24) is 19.9 Å². The fourth-order valence-electron chi connectivity index (χ4n) is 5.19. The van der Waals surface area contributed by atoms with Crippen molar-refractivity contribution in [3.8, 4) is 11.4 Å². The lowest BCUT2D eigenvalue weighted by Gasteiger charge is -2.37. The Hall–Kier alpha value is -3.36. The van der Waals surface area contributed by atoms with Crippen LogP contribution in [0.5, 0.6) is 0 Å². The summed E-state index contributed by atoms with van der Waals surface area (Å²) >= 11 is 0. The van der Waals surface area contributed by atoms with Gasteiger partial charge in [0.15, 0.2) is 11.4 Å². The molecule has 2 bridgehead atoms. The predicted octanol–water partition coefficient (Wildman–Crippen LogP) is 3.99. The first-order chi connectivity index (χ1) is 15.7. The topological polar surface area (TPSA) is 87.3 Å². The van der Waals surface area contributed by atoms with Gasteiger partial charge in [0.25, 0.3) is 6.01 Å². The number of rotatable bonds is 5. The number of piperidine rings is 1. The first-order valence-electron chi connectivity index (χ1n) is 10.8. The zero-order valence-corrected chi connectivity index (χ0v) is 17.2. The summed E-state index contributed by atoms with van der Waals surface area (Å²) in [7, 11) is 0. The first-order valence-corrected chi connectivity index (χ1v) is 10.8. The molecule has 0 radical (unpaired) electrons. The maximum atomic E-state index is 14.8. The van der Waals surface area contributed by atoms with Gasteiger partial charge < -0.3 is 14.8 Å². The highest BCUT2D eigenvalue weighted by atomic mass is 19.1. The van der Waals surface area contributed by atoms with Gasteiger partial charge in [-0.2, -0.15) is 4.98 Å². The lowest BCUT2D eigenvalue weighted by atomic mass is 10.0. The van der Waals surface area contributed by atoms with Gasteiger partial charge in [-0.05, 0) is 43.0 Å². The zero-order chi connectivity index (χ0) is 21.7. The van der Waals surface area contributed by atoms with Crippen LogP contribution in [0.25, 0.3) is 22.5 Å². The number of aliphatic hydroxyl groups excluding tert-OH is 1. The van der Waals surface area contributed by atoms with E-state index in [-0.39, 0.29) is 23.5 Å². The van der Waals surface area contributed by atoms with Crippen LogP contribution in [-0.4, -0.2) is 43.6 Å². The van der Waals surface area contributed by atoms with Crippen molar-refractivity contribution in [3.05, 3.63) is 72.3 Å². The van der Waals surface area contributed by atoms with Gasteiger partial charge in [0.2, 0.25) is 0 Å². The molecule has 162 valence electrons. The SMILES string of the molecule is OC(c1cccc(F)c1-c1ncccn1)N1CC2CC(Nc3nc4ccccc4o3)C1C2. The molecule has 1 saturated carbocycles. The van der Waals surface area contributed by atoms with E-state index in [1.165, 1.54) is 6.07 Å². The average Bonchev–Trinajstić information content (AvgIpc) is 3.52. The summed E-state index contributed by atoms with van der Waals surface area (Å²) in [5.41, 5.74) is 2.26. The molecule has 6 rings (SSSR count). The van der Waals surface area contributed by atoms with Crippen molar-refractivity contribution in [2.24, 2.45) is 5.92 Å². The standard InChI is InChI=1S/C24H22FN5O2/c25-16-6-3-5-15(21(16)22-26-9-4-10-27-22)23(31)30-13-14-11-18(19(30)12-14)29-24-28-17-7-1-2-8-20(17)32-24/h1-10,14,18-19,23,31H,11-13H2,(H,28,29). The Morgan fingerprint density at radius 1 is 1.06 bits per heavy atom. The van der Waals surface area contributed by atoms with Crippen molar-refractivity contribution in [1.29, 1.82) is 0 Å². The van der Waals surface area contributed by atoms with Crippen LogP contribution in [0.4, 0.5) is 10.4 Å². The highest BCUT2D eigenvalue weighted by Crippen LogP contribution is 2.44. The maximum Gasteiger partial charge on any atom is 0.295 e. The summed E-state index contributed by atoms with van der Waals surface area (Å²) in [6.07, 6.45) is 4.12. The molecule has 7 nitrogen and oxygen atoms in total. The van der Waals surface area contributed by atoms with E-state index in [0.29, 0.717) is 17.5 Å². The van der Waals surface area contributed by atoms with Crippen molar-refractivity contribution in [2.45, 2.75) is 31.2 Å². The second-order valence-corrected chi connectivity index (χ2v) is 8.49. The number of fused-ring (bicyclic) bond motifs is 3. The average molecular weight is 431 g/mol. The summed E-state index contributed by atoms with van der Waals surface area (Å²) in [6.45, 7) is 0.753. The van der Waals surface area contributed by atoms with Crippen LogP contribution in [0.1, 0.15) is 24.6 Å². The Labute approximate surface area is 183 Å². The normalized spacial score (nSPS) is 23.6. The van der Waals surface area contributed by atoms with Crippen LogP contribution in [0.2, 0.25) is 0 Å². The van der Waals surface area contributed by atoms with E-state index in [1.54, 1.807) is 30.6 Å². The van der Waals surface area contributed by atoms with Gasteiger partial charge >= 0.3 is 0 Å². The molecule has 0 amide bonds. The third-order valence-electron chi connectivity index (χ3n) is 6.55. The third kappa shape index (κ3) is 3.23. The molecule has 4 atom stereocenters. The van der Waals surface area contributed by atoms with Gasteiger partial charge in [0.1, 0.15) is 17.6 Å². The number of nitrogens with one attached hydrogen (secondary N) is 1. The summed E-state index contributed by atoms with van der Waals surface area (Å²) in [4.78, 5) is 15.0. The molecule has 1 saturated heterocycles. The van der Waals surface area contributed by atoms with Gasteiger partial charge in [-0.25, -0.2) is 14.4 Å². The molecule has 2 aromatic heterocycles. The quantitative estimate of drug-likeness (QED) is 0.494. The number of likely N-dealkylation sites (tertiary alicyclic amines) is 1. The molecule has 2 aliphatic rings. The monoisotopic (exact) mass is 431 g/mol. The Morgan fingerprint density at radius 3 is 2.72 bits per heavy atom. The number of aromatic nitrogens is 3. The summed E-state index contributed by atoms with van der Waals surface area (Å²) < 4.78 is 20.6. The lowest BCUT2D eigenvalue weighted by Crippen LogP contribution is -2.46. The fraction of sp³-hybridized carbons (Fsp3) is 0.292. The van der Waals surface area contributed by atoms with Gasteiger partial charge in [0, 0.05) is 36.6 Å². The highest BCUT2D eigenvalue weighted by Gasteiger charge is 2.48. The number of anilines is 1. The molecule has 4 aromatic rings. The van der Waals surface area contributed by atoms with E-state index < -0.39 is 12.0 Å². The van der Waals surface area contributed by atoms with Gasteiger partial charge in [-0.1, -0.05) is 24.3 Å². The minimum absolute atomic E-state index is 0.0813. The number of benzene rings is 2. The number of oxazole rings is 1. The largest absolute Gasteiger partial charge is 0.424 e. The highest BCUT2D eigenvalue weighted by molar-refractivity contribution is 5.74. The molecule has 4 unspecified atom stereocenters. The first kappa shape index (κ1) is 19.3. The van der Waals surface area contributed by atoms with Crippen molar-refractivity contribution in [3.63, 3.8) is 0 Å². The Bertz CT molecular complexity index is 1230. The maximum absolute atomic E-state index is 14.8. The van der Waals surface area contributed by atoms with Crippen LogP contribution in [0, 0.1) is 11.7 Å². The smallest absolute Gasteiger partial charge is 0.295 e. The van der Waals surface area contributed by atoms with E-state index in [2.05, 4.69) is 20.3 Å². The second kappa shape index (κ2) is 7.65. The second-order valence-electron chi connectivity index (χ2n) is 8.49. The van der Waals surface area contributed by atoms with E-state index in [0.717, 1.165) is 30.5 Å². The number of halogens is 1.